The molecule has 4 nitrogen and oxygen atoms in total. The topological polar surface area (TPSA) is 42.7 Å². The van der Waals surface area contributed by atoms with Gasteiger partial charge >= 0.3 is 0 Å². The van der Waals surface area contributed by atoms with Crippen LogP contribution in [-0.2, 0) is 6.54 Å². The smallest absolute Gasteiger partial charge is 0.176 e. The van der Waals surface area contributed by atoms with Crippen LogP contribution in [0.3, 0.4) is 0 Å². The summed E-state index contributed by atoms with van der Waals surface area (Å²) in [5.74, 6) is 0.820. The Morgan fingerprint density at radius 2 is 2.16 bits per heavy atom. The van der Waals surface area contributed by atoms with Crippen LogP contribution < -0.4 is 5.32 Å². The van der Waals surface area contributed by atoms with Crippen molar-refractivity contribution < 1.29 is 0 Å². The van der Waals surface area contributed by atoms with Gasteiger partial charge in [0.25, 0.3) is 0 Å². The maximum Gasteiger partial charge on any atom is 0.176 e. The number of anilines is 1. The molecule has 0 amide bonds. The third-order valence-corrected chi connectivity index (χ3v) is 3.76. The lowest BCUT2D eigenvalue weighted by Gasteiger charge is -2.09. The quantitative estimate of drug-likeness (QED) is 0.791. The predicted molar refractivity (Wildman–Crippen MR) is 77.7 cm³/mol. The van der Waals surface area contributed by atoms with E-state index in [1.165, 1.54) is 9.75 Å². The van der Waals surface area contributed by atoms with Gasteiger partial charge in [-0.2, -0.15) is 5.10 Å². The summed E-state index contributed by atoms with van der Waals surface area (Å²) in [4.78, 5) is 7.02. The van der Waals surface area contributed by atoms with Crippen LogP contribution in [0.1, 0.15) is 9.75 Å². The van der Waals surface area contributed by atoms with Crippen LogP contribution in [0.2, 0.25) is 0 Å². The van der Waals surface area contributed by atoms with Gasteiger partial charge < -0.3 is 5.32 Å². The summed E-state index contributed by atoms with van der Waals surface area (Å²) in [6.45, 7) is 2.92. The molecule has 0 atom stereocenters. The SMILES string of the molecule is Cc1ccc(CNc2cccnc2-n2cccn2)s1. The van der Waals surface area contributed by atoms with Crippen LogP contribution in [-0.4, -0.2) is 14.8 Å². The van der Waals surface area contributed by atoms with Gasteiger partial charge in [0, 0.05) is 34.9 Å². The van der Waals surface area contributed by atoms with E-state index in [4.69, 9.17) is 0 Å². The van der Waals surface area contributed by atoms with E-state index < -0.39 is 0 Å². The molecule has 0 radical (unpaired) electrons. The first kappa shape index (κ1) is 11.9. The van der Waals surface area contributed by atoms with Crippen molar-refractivity contribution >= 4 is 17.0 Å². The zero-order valence-corrected chi connectivity index (χ0v) is 11.4. The zero-order valence-electron chi connectivity index (χ0n) is 10.6. The van der Waals surface area contributed by atoms with E-state index in [1.807, 2.05) is 24.4 Å². The van der Waals surface area contributed by atoms with Crippen molar-refractivity contribution in [2.45, 2.75) is 13.5 Å². The second kappa shape index (κ2) is 5.24. The molecule has 0 saturated carbocycles. The van der Waals surface area contributed by atoms with E-state index in [1.54, 1.807) is 28.4 Å². The molecule has 0 aromatic carbocycles. The highest BCUT2D eigenvalue weighted by molar-refractivity contribution is 7.11. The molecule has 3 rings (SSSR count). The summed E-state index contributed by atoms with van der Waals surface area (Å²) in [6, 6.07) is 10.1. The molecule has 3 aromatic heterocycles. The minimum atomic E-state index is 0.804. The zero-order chi connectivity index (χ0) is 13.1. The van der Waals surface area contributed by atoms with Crippen molar-refractivity contribution in [2.75, 3.05) is 5.32 Å². The first-order valence-corrected chi connectivity index (χ1v) is 6.89. The number of hydrogen-bond acceptors (Lipinski definition) is 4. The van der Waals surface area contributed by atoms with Gasteiger partial charge in [-0.3, -0.25) is 0 Å². The van der Waals surface area contributed by atoms with Gasteiger partial charge in [0.1, 0.15) is 0 Å². The lowest BCUT2D eigenvalue weighted by atomic mass is 10.3. The molecule has 1 N–H and O–H groups in total. The van der Waals surface area contributed by atoms with E-state index in [-0.39, 0.29) is 0 Å². The molecular weight excluding hydrogens is 256 g/mol. The number of hydrogen-bond donors (Lipinski definition) is 1. The molecular formula is C14H14N4S. The van der Waals surface area contributed by atoms with E-state index in [0.29, 0.717) is 0 Å². The van der Waals surface area contributed by atoms with Crippen LogP contribution in [0.15, 0.2) is 48.9 Å². The number of rotatable bonds is 4. The molecule has 3 aromatic rings. The third kappa shape index (κ3) is 2.66. The minimum absolute atomic E-state index is 0.804. The molecule has 5 heteroatoms. The first-order chi connectivity index (χ1) is 9.33. The number of aromatic nitrogens is 3. The van der Waals surface area contributed by atoms with Gasteiger partial charge in [-0.25, -0.2) is 9.67 Å². The molecule has 96 valence electrons. The lowest BCUT2D eigenvalue weighted by molar-refractivity contribution is 0.846. The van der Waals surface area contributed by atoms with E-state index in [9.17, 15) is 0 Å². The summed E-state index contributed by atoms with van der Waals surface area (Å²) >= 11 is 1.80. The second-order valence-electron chi connectivity index (χ2n) is 4.19. The molecule has 0 unspecified atom stereocenters. The van der Waals surface area contributed by atoms with E-state index in [0.717, 1.165) is 18.1 Å². The Hall–Kier alpha value is -2.14. The van der Waals surface area contributed by atoms with Crippen molar-refractivity contribution in [3.63, 3.8) is 0 Å². The maximum absolute atomic E-state index is 4.38. The van der Waals surface area contributed by atoms with Gasteiger partial charge in [0.2, 0.25) is 0 Å². The second-order valence-corrected chi connectivity index (χ2v) is 5.56. The summed E-state index contributed by atoms with van der Waals surface area (Å²) < 4.78 is 1.77. The predicted octanol–water partition coefficient (Wildman–Crippen LogP) is 3.25. The largest absolute Gasteiger partial charge is 0.377 e. The first-order valence-electron chi connectivity index (χ1n) is 6.07. The van der Waals surface area contributed by atoms with E-state index >= 15 is 0 Å². The van der Waals surface area contributed by atoms with Crippen molar-refractivity contribution in [3.8, 4) is 5.82 Å². The highest BCUT2D eigenvalue weighted by Gasteiger charge is 2.05. The number of nitrogens with one attached hydrogen (secondary N) is 1. The molecule has 3 heterocycles. The third-order valence-electron chi connectivity index (χ3n) is 2.76. The van der Waals surface area contributed by atoms with Crippen LogP contribution in [0.4, 0.5) is 5.69 Å². The normalized spacial score (nSPS) is 10.6. The Morgan fingerprint density at radius 3 is 2.89 bits per heavy atom. The number of thiophene rings is 1. The summed E-state index contributed by atoms with van der Waals surface area (Å²) in [6.07, 6.45) is 5.42. The Kier molecular flexibility index (Phi) is 3.29. The average molecular weight is 270 g/mol. The van der Waals surface area contributed by atoms with Crippen LogP contribution in [0.25, 0.3) is 5.82 Å². The monoisotopic (exact) mass is 270 g/mol. The van der Waals surface area contributed by atoms with Gasteiger partial charge in [-0.15, -0.1) is 11.3 Å². The molecule has 0 fully saturated rings. The Morgan fingerprint density at radius 1 is 1.21 bits per heavy atom. The van der Waals surface area contributed by atoms with Gasteiger partial charge in [-0.05, 0) is 37.3 Å². The van der Waals surface area contributed by atoms with Crippen molar-refractivity contribution in [1.82, 2.24) is 14.8 Å². The summed E-state index contributed by atoms with van der Waals surface area (Å²) in [5, 5.41) is 7.64. The summed E-state index contributed by atoms with van der Waals surface area (Å²) in [5.41, 5.74) is 0.984. The highest BCUT2D eigenvalue weighted by Crippen LogP contribution is 2.20. The Bertz CT molecular complexity index is 658. The molecule has 0 aliphatic heterocycles. The maximum atomic E-state index is 4.38. The van der Waals surface area contributed by atoms with Crippen LogP contribution in [0, 0.1) is 6.92 Å². The number of aryl methyl sites for hydroxylation is 1. The Balaban J connectivity index is 1.81. The molecule has 0 saturated heterocycles. The average Bonchev–Trinajstić information content (AvgIpc) is 3.08. The number of pyridine rings is 1. The van der Waals surface area contributed by atoms with Crippen molar-refractivity contribution in [2.24, 2.45) is 0 Å². The molecule has 0 bridgehead atoms. The fourth-order valence-corrected chi connectivity index (χ4v) is 2.70. The van der Waals surface area contributed by atoms with Crippen LogP contribution >= 0.6 is 11.3 Å². The fraction of sp³-hybridized carbons (Fsp3) is 0.143. The standard InChI is InChI=1S/C14H14N4S/c1-11-5-6-12(19-11)10-16-13-4-2-7-15-14(13)18-9-3-8-17-18/h2-9,16H,10H2,1H3. The summed E-state index contributed by atoms with van der Waals surface area (Å²) in [7, 11) is 0. The molecule has 0 spiro atoms. The highest BCUT2D eigenvalue weighted by atomic mass is 32.1. The Labute approximate surface area is 115 Å². The molecule has 0 aliphatic carbocycles. The minimum Gasteiger partial charge on any atom is -0.377 e. The van der Waals surface area contributed by atoms with Gasteiger partial charge in [0.05, 0.1) is 5.69 Å². The lowest BCUT2D eigenvalue weighted by Crippen LogP contribution is -2.05. The van der Waals surface area contributed by atoms with E-state index in [2.05, 4.69) is 34.5 Å². The van der Waals surface area contributed by atoms with Crippen LogP contribution in [0.5, 0.6) is 0 Å². The molecule has 0 aliphatic rings. The number of nitrogens with zero attached hydrogens (tertiary/aromatic N) is 3. The molecule has 19 heavy (non-hydrogen) atoms. The fourth-order valence-electron chi connectivity index (χ4n) is 1.87. The van der Waals surface area contributed by atoms with Crippen molar-refractivity contribution in [3.05, 3.63) is 58.7 Å². The van der Waals surface area contributed by atoms with Gasteiger partial charge in [0.15, 0.2) is 5.82 Å². The van der Waals surface area contributed by atoms with Gasteiger partial charge in [-0.1, -0.05) is 0 Å². The van der Waals surface area contributed by atoms with Crippen molar-refractivity contribution in [1.29, 1.82) is 0 Å².